The molecule has 1 saturated carbocycles. The Balaban J connectivity index is 1.37. The number of hydrogen-bond donors (Lipinski definition) is 1. The van der Waals surface area contributed by atoms with Crippen molar-refractivity contribution < 1.29 is 4.79 Å². The van der Waals surface area contributed by atoms with Gasteiger partial charge in [0.05, 0.1) is 6.54 Å². The molecule has 1 saturated heterocycles. The Morgan fingerprint density at radius 1 is 1.00 bits per heavy atom. The van der Waals surface area contributed by atoms with Gasteiger partial charge in [-0.15, -0.1) is 0 Å². The summed E-state index contributed by atoms with van der Waals surface area (Å²) in [5.41, 5.74) is 2.69. The average molecular weight is 329 g/mol. The maximum absolute atomic E-state index is 12.2. The van der Waals surface area contributed by atoms with Crippen molar-refractivity contribution >= 4 is 5.91 Å². The van der Waals surface area contributed by atoms with Crippen LogP contribution >= 0.6 is 0 Å². The van der Waals surface area contributed by atoms with Crippen molar-refractivity contribution in [1.29, 1.82) is 0 Å². The number of amides is 1. The molecule has 0 atom stereocenters. The van der Waals surface area contributed by atoms with Gasteiger partial charge in [0.2, 0.25) is 5.91 Å². The Labute approximate surface area is 146 Å². The summed E-state index contributed by atoms with van der Waals surface area (Å²) in [5, 5.41) is 3.23. The predicted octanol–water partition coefficient (Wildman–Crippen LogP) is 2.56. The smallest absolute Gasteiger partial charge is 0.234 e. The molecule has 1 N–H and O–H groups in total. The van der Waals surface area contributed by atoms with E-state index in [4.69, 9.17) is 0 Å². The predicted molar refractivity (Wildman–Crippen MR) is 97.9 cm³/mol. The van der Waals surface area contributed by atoms with Gasteiger partial charge in [-0.2, -0.15) is 0 Å². The number of aryl methyl sites for hydroxylation is 1. The molecule has 2 aliphatic rings. The molecule has 1 aromatic carbocycles. The van der Waals surface area contributed by atoms with Gasteiger partial charge in [-0.1, -0.05) is 49.1 Å². The molecule has 24 heavy (non-hydrogen) atoms. The van der Waals surface area contributed by atoms with E-state index in [1.54, 1.807) is 0 Å². The molecule has 0 bridgehead atoms. The summed E-state index contributed by atoms with van der Waals surface area (Å²) in [4.78, 5) is 17.0. The third-order valence-corrected chi connectivity index (χ3v) is 5.33. The lowest BCUT2D eigenvalue weighted by Crippen LogP contribution is -2.50. The number of benzene rings is 1. The summed E-state index contributed by atoms with van der Waals surface area (Å²) in [7, 11) is 0. The zero-order chi connectivity index (χ0) is 16.8. The average Bonchev–Trinajstić information content (AvgIpc) is 2.59. The second-order valence-electron chi connectivity index (χ2n) is 7.44. The van der Waals surface area contributed by atoms with Crippen molar-refractivity contribution in [2.75, 3.05) is 32.7 Å². The SMILES string of the molecule is Cc1ccc(CN2CCN(CC(=O)NC3CCCCC3)CC2)cc1. The van der Waals surface area contributed by atoms with Crippen molar-refractivity contribution in [2.45, 2.75) is 51.6 Å². The third-order valence-electron chi connectivity index (χ3n) is 5.33. The fourth-order valence-electron chi connectivity index (χ4n) is 3.78. The summed E-state index contributed by atoms with van der Waals surface area (Å²) < 4.78 is 0. The van der Waals surface area contributed by atoms with E-state index in [1.807, 2.05) is 0 Å². The van der Waals surface area contributed by atoms with Gasteiger partial charge in [0.25, 0.3) is 0 Å². The Morgan fingerprint density at radius 3 is 2.29 bits per heavy atom. The number of nitrogens with zero attached hydrogens (tertiary/aromatic N) is 2. The molecule has 1 aliphatic heterocycles. The van der Waals surface area contributed by atoms with Gasteiger partial charge < -0.3 is 5.32 Å². The Hall–Kier alpha value is -1.39. The zero-order valence-electron chi connectivity index (χ0n) is 15.0. The van der Waals surface area contributed by atoms with E-state index in [1.165, 1.54) is 30.4 Å². The van der Waals surface area contributed by atoms with Crippen LogP contribution in [0.15, 0.2) is 24.3 Å². The maximum Gasteiger partial charge on any atom is 0.234 e. The van der Waals surface area contributed by atoms with Crippen LogP contribution in [0.5, 0.6) is 0 Å². The first-order chi connectivity index (χ1) is 11.7. The molecule has 1 heterocycles. The standard InChI is InChI=1S/C20H31N3O/c1-17-7-9-18(10-8-17)15-22-11-13-23(14-12-22)16-20(24)21-19-5-3-2-4-6-19/h7-10,19H,2-6,11-16H2,1H3,(H,21,24). The summed E-state index contributed by atoms with van der Waals surface area (Å²) in [6.45, 7) is 7.78. The third kappa shape index (κ3) is 5.32. The molecular formula is C20H31N3O. The van der Waals surface area contributed by atoms with Crippen LogP contribution in [0, 0.1) is 6.92 Å². The molecule has 1 aliphatic carbocycles. The molecule has 4 heteroatoms. The molecule has 4 nitrogen and oxygen atoms in total. The maximum atomic E-state index is 12.2. The molecule has 2 fully saturated rings. The van der Waals surface area contributed by atoms with Gasteiger partial charge >= 0.3 is 0 Å². The van der Waals surface area contributed by atoms with Crippen molar-refractivity contribution in [3.63, 3.8) is 0 Å². The molecule has 3 rings (SSSR count). The lowest BCUT2D eigenvalue weighted by atomic mass is 9.95. The van der Waals surface area contributed by atoms with Gasteiger partial charge in [0.15, 0.2) is 0 Å². The van der Waals surface area contributed by atoms with E-state index in [9.17, 15) is 4.79 Å². The lowest BCUT2D eigenvalue weighted by molar-refractivity contribution is -0.123. The molecule has 132 valence electrons. The highest BCUT2D eigenvalue weighted by Gasteiger charge is 2.21. The molecular weight excluding hydrogens is 298 g/mol. The van der Waals surface area contributed by atoms with Crippen LogP contribution in [0.3, 0.4) is 0 Å². The van der Waals surface area contributed by atoms with Crippen LogP contribution in [-0.2, 0) is 11.3 Å². The van der Waals surface area contributed by atoms with Gasteiger partial charge in [-0.3, -0.25) is 14.6 Å². The van der Waals surface area contributed by atoms with E-state index in [-0.39, 0.29) is 5.91 Å². The summed E-state index contributed by atoms with van der Waals surface area (Å²) >= 11 is 0. The van der Waals surface area contributed by atoms with Crippen LogP contribution in [0.1, 0.15) is 43.2 Å². The summed E-state index contributed by atoms with van der Waals surface area (Å²) in [5.74, 6) is 0.217. The summed E-state index contributed by atoms with van der Waals surface area (Å²) in [6, 6.07) is 9.23. The van der Waals surface area contributed by atoms with E-state index in [2.05, 4.69) is 46.3 Å². The van der Waals surface area contributed by atoms with Crippen LogP contribution in [0.4, 0.5) is 0 Å². The fourth-order valence-corrected chi connectivity index (χ4v) is 3.78. The van der Waals surface area contributed by atoms with Crippen LogP contribution in [0.2, 0.25) is 0 Å². The normalized spacial score (nSPS) is 20.9. The number of carbonyl (C=O) groups excluding carboxylic acids is 1. The number of hydrogen-bond acceptors (Lipinski definition) is 3. The van der Waals surface area contributed by atoms with E-state index in [0.29, 0.717) is 12.6 Å². The fraction of sp³-hybridized carbons (Fsp3) is 0.650. The topological polar surface area (TPSA) is 35.6 Å². The first kappa shape index (κ1) is 17.4. The second kappa shape index (κ2) is 8.63. The highest BCUT2D eigenvalue weighted by atomic mass is 16.2. The van der Waals surface area contributed by atoms with E-state index in [0.717, 1.165) is 45.6 Å². The monoisotopic (exact) mass is 329 g/mol. The first-order valence-corrected chi connectivity index (χ1v) is 9.49. The minimum absolute atomic E-state index is 0.217. The van der Waals surface area contributed by atoms with Crippen LogP contribution in [0.25, 0.3) is 0 Å². The zero-order valence-corrected chi connectivity index (χ0v) is 15.0. The Bertz CT molecular complexity index is 514. The number of piperazine rings is 1. The quantitative estimate of drug-likeness (QED) is 0.902. The van der Waals surface area contributed by atoms with Crippen molar-refractivity contribution in [3.05, 3.63) is 35.4 Å². The highest BCUT2D eigenvalue weighted by molar-refractivity contribution is 5.78. The lowest BCUT2D eigenvalue weighted by Gasteiger charge is -2.34. The van der Waals surface area contributed by atoms with Crippen molar-refractivity contribution in [2.24, 2.45) is 0 Å². The van der Waals surface area contributed by atoms with Gasteiger partial charge in [-0.05, 0) is 25.3 Å². The Kier molecular flexibility index (Phi) is 6.27. The second-order valence-corrected chi connectivity index (χ2v) is 7.44. The molecule has 0 unspecified atom stereocenters. The number of carbonyl (C=O) groups is 1. The minimum atomic E-state index is 0.217. The van der Waals surface area contributed by atoms with Crippen molar-refractivity contribution in [1.82, 2.24) is 15.1 Å². The van der Waals surface area contributed by atoms with E-state index < -0.39 is 0 Å². The molecule has 0 aromatic heterocycles. The number of nitrogens with one attached hydrogen (secondary N) is 1. The number of rotatable bonds is 5. The molecule has 0 spiro atoms. The molecule has 1 amide bonds. The van der Waals surface area contributed by atoms with Gasteiger partial charge in [0, 0.05) is 38.8 Å². The van der Waals surface area contributed by atoms with E-state index >= 15 is 0 Å². The highest BCUT2D eigenvalue weighted by Crippen LogP contribution is 2.17. The minimum Gasteiger partial charge on any atom is -0.352 e. The largest absolute Gasteiger partial charge is 0.352 e. The molecule has 0 radical (unpaired) electrons. The summed E-state index contributed by atoms with van der Waals surface area (Å²) in [6.07, 6.45) is 6.19. The molecule has 1 aromatic rings. The van der Waals surface area contributed by atoms with Gasteiger partial charge in [0.1, 0.15) is 0 Å². The Morgan fingerprint density at radius 2 is 1.62 bits per heavy atom. The van der Waals surface area contributed by atoms with Crippen molar-refractivity contribution in [3.8, 4) is 0 Å². The van der Waals surface area contributed by atoms with Crippen LogP contribution < -0.4 is 5.32 Å². The first-order valence-electron chi connectivity index (χ1n) is 9.49. The van der Waals surface area contributed by atoms with Crippen LogP contribution in [-0.4, -0.2) is 54.5 Å². The van der Waals surface area contributed by atoms with Gasteiger partial charge in [-0.25, -0.2) is 0 Å².